The summed E-state index contributed by atoms with van der Waals surface area (Å²) < 4.78 is 6.47. The van der Waals surface area contributed by atoms with Crippen molar-refractivity contribution in [2.24, 2.45) is 11.7 Å². The summed E-state index contributed by atoms with van der Waals surface area (Å²) in [7, 11) is 0. The highest BCUT2D eigenvalue weighted by Crippen LogP contribution is 2.32. The smallest absolute Gasteiger partial charge is 0.0469 e. The largest absolute Gasteiger partial charge is 0.381 e. The third-order valence-electron chi connectivity index (χ3n) is 2.69. The third-order valence-corrected chi connectivity index (χ3v) is 4.48. The maximum absolute atomic E-state index is 6.22. The molecule has 1 aliphatic heterocycles. The van der Waals surface area contributed by atoms with Crippen LogP contribution < -0.4 is 5.73 Å². The van der Waals surface area contributed by atoms with E-state index in [0.717, 1.165) is 30.5 Å². The Labute approximate surface area is 109 Å². The topological polar surface area (TPSA) is 35.2 Å². The Bertz CT molecular complexity index is 301. The van der Waals surface area contributed by atoms with Crippen molar-refractivity contribution in [3.05, 3.63) is 20.8 Å². The highest BCUT2D eigenvalue weighted by atomic mass is 79.9. The molecular weight excluding hydrogens is 298 g/mol. The fourth-order valence-electron chi connectivity index (χ4n) is 1.81. The molecule has 1 aromatic rings. The molecule has 2 N–H and O–H groups in total. The predicted molar refractivity (Wildman–Crippen MR) is 69.7 cm³/mol. The minimum absolute atomic E-state index is 0. The van der Waals surface area contributed by atoms with E-state index < -0.39 is 0 Å². The van der Waals surface area contributed by atoms with Gasteiger partial charge in [0.2, 0.25) is 0 Å². The summed E-state index contributed by atoms with van der Waals surface area (Å²) in [4.78, 5) is 1.28. The van der Waals surface area contributed by atoms with Crippen LogP contribution in [0.25, 0.3) is 0 Å². The quantitative estimate of drug-likeness (QED) is 0.909. The normalized spacial score (nSPS) is 19.6. The van der Waals surface area contributed by atoms with Gasteiger partial charge in [0.25, 0.3) is 0 Å². The lowest BCUT2D eigenvalue weighted by atomic mass is 9.91. The van der Waals surface area contributed by atoms with Crippen LogP contribution in [0.3, 0.4) is 0 Å². The van der Waals surface area contributed by atoms with E-state index in [2.05, 4.69) is 27.4 Å². The van der Waals surface area contributed by atoms with Crippen LogP contribution in [0.2, 0.25) is 0 Å². The number of ether oxygens (including phenoxy) is 1. The van der Waals surface area contributed by atoms with Crippen LogP contribution in [-0.2, 0) is 4.74 Å². The zero-order valence-corrected chi connectivity index (χ0v) is 11.5. The highest BCUT2D eigenvalue weighted by Gasteiger charge is 2.23. The fraction of sp³-hybridized carbons (Fsp3) is 0.600. The number of thiophene rings is 1. The van der Waals surface area contributed by atoms with Gasteiger partial charge in [0.15, 0.2) is 0 Å². The van der Waals surface area contributed by atoms with Gasteiger partial charge in [0.1, 0.15) is 0 Å². The molecule has 1 atom stereocenters. The number of halogens is 2. The Hall–Kier alpha value is 0.390. The summed E-state index contributed by atoms with van der Waals surface area (Å²) in [5.74, 6) is 0.592. The zero-order valence-electron chi connectivity index (χ0n) is 8.32. The minimum atomic E-state index is 0. The molecule has 0 spiro atoms. The van der Waals surface area contributed by atoms with Crippen molar-refractivity contribution in [3.63, 3.8) is 0 Å². The van der Waals surface area contributed by atoms with E-state index in [1.165, 1.54) is 4.88 Å². The van der Waals surface area contributed by atoms with Gasteiger partial charge >= 0.3 is 0 Å². The van der Waals surface area contributed by atoms with Crippen LogP contribution in [0.4, 0.5) is 0 Å². The van der Waals surface area contributed by atoms with Gasteiger partial charge in [-0.25, -0.2) is 0 Å². The second-order valence-electron chi connectivity index (χ2n) is 3.64. The van der Waals surface area contributed by atoms with Gasteiger partial charge in [-0.1, -0.05) is 0 Å². The Morgan fingerprint density at radius 2 is 2.13 bits per heavy atom. The molecule has 0 aliphatic carbocycles. The van der Waals surface area contributed by atoms with Gasteiger partial charge in [-0.15, -0.1) is 23.7 Å². The fourth-order valence-corrected chi connectivity index (χ4v) is 3.35. The molecule has 15 heavy (non-hydrogen) atoms. The molecule has 0 saturated carbocycles. The average Bonchev–Trinajstić information content (AvgIpc) is 2.65. The van der Waals surface area contributed by atoms with E-state index in [-0.39, 0.29) is 18.4 Å². The van der Waals surface area contributed by atoms with Crippen LogP contribution >= 0.6 is 39.7 Å². The van der Waals surface area contributed by atoms with Crippen LogP contribution in [0, 0.1) is 5.92 Å². The molecule has 0 amide bonds. The van der Waals surface area contributed by atoms with Crippen molar-refractivity contribution in [1.82, 2.24) is 0 Å². The van der Waals surface area contributed by atoms with Gasteiger partial charge in [-0.05, 0) is 40.8 Å². The molecule has 0 aromatic carbocycles. The molecule has 86 valence electrons. The van der Waals surface area contributed by atoms with Crippen LogP contribution in [0.15, 0.2) is 15.9 Å². The molecule has 1 saturated heterocycles. The van der Waals surface area contributed by atoms with Gasteiger partial charge in [0.05, 0.1) is 0 Å². The lowest BCUT2D eigenvalue weighted by Crippen LogP contribution is -2.26. The molecule has 2 nitrogen and oxygen atoms in total. The van der Waals surface area contributed by atoms with Gasteiger partial charge in [0, 0.05) is 34.0 Å². The molecular formula is C10H15BrClNOS. The average molecular weight is 313 g/mol. The first-order valence-corrected chi connectivity index (χ1v) is 6.52. The molecule has 0 bridgehead atoms. The summed E-state index contributed by atoms with van der Waals surface area (Å²) in [6.07, 6.45) is 2.19. The number of nitrogens with two attached hydrogens (primary N) is 1. The van der Waals surface area contributed by atoms with Crippen molar-refractivity contribution in [1.29, 1.82) is 0 Å². The maximum atomic E-state index is 6.22. The lowest BCUT2D eigenvalue weighted by molar-refractivity contribution is 0.0587. The van der Waals surface area contributed by atoms with E-state index in [1.54, 1.807) is 11.3 Å². The third kappa shape index (κ3) is 3.43. The Morgan fingerprint density at radius 1 is 1.47 bits per heavy atom. The first-order valence-electron chi connectivity index (χ1n) is 4.84. The van der Waals surface area contributed by atoms with E-state index in [9.17, 15) is 0 Å². The summed E-state index contributed by atoms with van der Waals surface area (Å²) >= 11 is 5.19. The Kier molecular flexibility index (Phi) is 5.57. The number of hydrogen-bond acceptors (Lipinski definition) is 3. The summed E-state index contributed by atoms with van der Waals surface area (Å²) in [6.45, 7) is 1.73. The maximum Gasteiger partial charge on any atom is 0.0469 e. The lowest BCUT2D eigenvalue weighted by Gasteiger charge is -2.26. The van der Waals surface area contributed by atoms with Crippen molar-refractivity contribution >= 4 is 39.7 Å². The van der Waals surface area contributed by atoms with Crippen molar-refractivity contribution in [3.8, 4) is 0 Å². The van der Waals surface area contributed by atoms with Crippen molar-refractivity contribution in [2.75, 3.05) is 13.2 Å². The van der Waals surface area contributed by atoms with Gasteiger partial charge in [-0.2, -0.15) is 0 Å². The van der Waals surface area contributed by atoms with Crippen molar-refractivity contribution < 1.29 is 4.74 Å². The monoisotopic (exact) mass is 311 g/mol. The highest BCUT2D eigenvalue weighted by molar-refractivity contribution is 9.10. The predicted octanol–water partition coefficient (Wildman–Crippen LogP) is 3.36. The molecule has 5 heteroatoms. The Balaban J connectivity index is 0.00000112. The molecule has 2 rings (SSSR count). The summed E-state index contributed by atoms with van der Waals surface area (Å²) in [5, 5.41) is 2.09. The standard InChI is InChI=1S/C10H14BrNOS.ClH/c11-8-5-9(14-6-8)10(12)7-1-3-13-4-2-7;/h5-7,10H,1-4,12H2;1H/t10-;/m0./s1. The van der Waals surface area contributed by atoms with E-state index in [1.807, 2.05) is 0 Å². The van der Waals surface area contributed by atoms with E-state index >= 15 is 0 Å². The second kappa shape index (κ2) is 6.21. The number of hydrogen-bond donors (Lipinski definition) is 1. The van der Waals surface area contributed by atoms with Crippen LogP contribution in [0.5, 0.6) is 0 Å². The molecule has 2 heterocycles. The molecule has 0 unspecified atom stereocenters. The minimum Gasteiger partial charge on any atom is -0.381 e. The molecule has 0 radical (unpaired) electrons. The first kappa shape index (κ1) is 13.5. The van der Waals surface area contributed by atoms with Crippen LogP contribution in [0.1, 0.15) is 23.8 Å². The van der Waals surface area contributed by atoms with Gasteiger partial charge < -0.3 is 10.5 Å². The first-order chi connectivity index (χ1) is 6.77. The van der Waals surface area contributed by atoms with Crippen LogP contribution in [-0.4, -0.2) is 13.2 Å². The Morgan fingerprint density at radius 3 is 2.67 bits per heavy atom. The molecule has 1 aliphatic rings. The SMILES string of the molecule is Cl.N[C@H](c1cc(Br)cs1)C1CCOCC1. The second-order valence-corrected chi connectivity index (χ2v) is 5.50. The molecule has 1 aromatic heterocycles. The number of rotatable bonds is 2. The summed E-state index contributed by atoms with van der Waals surface area (Å²) in [5.41, 5.74) is 6.22. The molecule has 1 fully saturated rings. The van der Waals surface area contributed by atoms with Gasteiger partial charge in [-0.3, -0.25) is 0 Å². The van der Waals surface area contributed by atoms with E-state index in [0.29, 0.717) is 5.92 Å². The van der Waals surface area contributed by atoms with E-state index in [4.69, 9.17) is 10.5 Å². The summed E-state index contributed by atoms with van der Waals surface area (Å²) in [6, 6.07) is 2.32. The zero-order chi connectivity index (χ0) is 9.97. The van der Waals surface area contributed by atoms with Crippen molar-refractivity contribution in [2.45, 2.75) is 18.9 Å².